The molecule has 2 saturated heterocycles. The highest BCUT2D eigenvalue weighted by Crippen LogP contribution is 2.41. The molecule has 1 N–H and O–H groups in total. The number of ether oxygens (including phenoxy) is 1. The van der Waals surface area contributed by atoms with Gasteiger partial charge in [0, 0.05) is 37.0 Å². The van der Waals surface area contributed by atoms with E-state index >= 15 is 0 Å². The molecule has 0 saturated carbocycles. The number of hydrogen-bond donors (Lipinski definition) is 1. The Hall–Kier alpha value is -4.56. The maximum atomic E-state index is 13.4. The van der Waals surface area contributed by atoms with Crippen LogP contribution in [0.1, 0.15) is 39.9 Å². The first-order chi connectivity index (χ1) is 19.9. The second kappa shape index (κ2) is 10.1. The largest absolute Gasteiger partial charge is 0.488 e. The monoisotopic (exact) mass is 549 g/mol. The van der Waals surface area contributed by atoms with Gasteiger partial charge in [0.1, 0.15) is 23.7 Å². The first-order valence-corrected chi connectivity index (χ1v) is 13.9. The number of carbonyl (C=O) groups excluding carboxylic acids is 3. The summed E-state index contributed by atoms with van der Waals surface area (Å²) in [7, 11) is 0. The fourth-order valence-corrected chi connectivity index (χ4v) is 6.13. The summed E-state index contributed by atoms with van der Waals surface area (Å²) in [5.41, 5.74) is 4.82. The summed E-state index contributed by atoms with van der Waals surface area (Å²) in [6.45, 7) is 2.49. The van der Waals surface area contributed by atoms with Crippen LogP contribution in [0.5, 0.6) is 5.75 Å². The molecule has 206 valence electrons. The van der Waals surface area contributed by atoms with Crippen molar-refractivity contribution in [2.24, 2.45) is 0 Å². The minimum Gasteiger partial charge on any atom is -0.488 e. The molecule has 1 atom stereocenters. The van der Waals surface area contributed by atoms with Crippen LogP contribution in [-0.2, 0) is 22.6 Å². The number of amides is 3. The normalized spacial score (nSPS) is 19.0. The molecule has 0 bridgehead atoms. The smallest absolute Gasteiger partial charge is 0.259 e. The van der Waals surface area contributed by atoms with E-state index in [2.05, 4.69) is 34.5 Å². The zero-order valence-electron chi connectivity index (χ0n) is 22.3. The number of nitrogens with zero attached hydrogens (tertiary/aromatic N) is 2. The molecule has 7 nitrogen and oxygen atoms in total. The second-order valence-corrected chi connectivity index (χ2v) is 11.0. The van der Waals surface area contributed by atoms with Gasteiger partial charge in [0.25, 0.3) is 5.91 Å². The number of anilines is 1. The first kappa shape index (κ1) is 25.4. The molecule has 3 aliphatic rings. The molecule has 4 aromatic rings. The topological polar surface area (TPSA) is 79.0 Å². The van der Waals surface area contributed by atoms with Crippen LogP contribution in [-0.4, -0.2) is 47.9 Å². The molecule has 3 amide bonds. The van der Waals surface area contributed by atoms with Crippen LogP contribution < -0.4 is 15.0 Å². The van der Waals surface area contributed by atoms with Gasteiger partial charge in [-0.05, 0) is 71.3 Å². The van der Waals surface area contributed by atoms with Gasteiger partial charge < -0.3 is 4.74 Å². The third-order valence-corrected chi connectivity index (χ3v) is 8.20. The summed E-state index contributed by atoms with van der Waals surface area (Å²) in [4.78, 5) is 41.5. The average molecular weight is 550 g/mol. The van der Waals surface area contributed by atoms with E-state index in [1.807, 2.05) is 30.3 Å². The van der Waals surface area contributed by atoms with Gasteiger partial charge in [0.2, 0.25) is 11.8 Å². The molecule has 0 aliphatic carbocycles. The first-order valence-electron chi connectivity index (χ1n) is 13.9. The van der Waals surface area contributed by atoms with Crippen molar-refractivity contribution in [3.05, 3.63) is 107 Å². The van der Waals surface area contributed by atoms with Crippen molar-refractivity contribution >= 4 is 34.2 Å². The molecule has 0 radical (unpaired) electrons. The van der Waals surface area contributed by atoms with Crippen LogP contribution in [0.3, 0.4) is 0 Å². The molecular formula is C33H28FN3O4. The molecule has 41 heavy (non-hydrogen) atoms. The Balaban J connectivity index is 1.03. The molecular weight excluding hydrogens is 521 g/mol. The van der Waals surface area contributed by atoms with Gasteiger partial charge >= 0.3 is 0 Å². The average Bonchev–Trinajstić information content (AvgIpc) is 3.23. The van der Waals surface area contributed by atoms with E-state index in [-0.39, 0.29) is 30.2 Å². The number of benzene rings is 4. The number of hydrogen-bond acceptors (Lipinski definition) is 5. The van der Waals surface area contributed by atoms with Crippen molar-refractivity contribution in [1.29, 1.82) is 0 Å². The van der Waals surface area contributed by atoms with E-state index in [9.17, 15) is 18.8 Å². The van der Waals surface area contributed by atoms with Gasteiger partial charge in [0.15, 0.2) is 0 Å². The summed E-state index contributed by atoms with van der Waals surface area (Å²) in [6, 6.07) is 23.7. The van der Waals surface area contributed by atoms with Gasteiger partial charge in [-0.15, -0.1) is 0 Å². The predicted octanol–water partition coefficient (Wildman–Crippen LogP) is 4.60. The number of piperidine rings is 1. The molecule has 3 aliphatic heterocycles. The number of imide groups is 1. The van der Waals surface area contributed by atoms with Crippen LogP contribution in [0.4, 0.5) is 10.1 Å². The van der Waals surface area contributed by atoms with Gasteiger partial charge in [0.05, 0.1) is 5.69 Å². The van der Waals surface area contributed by atoms with Gasteiger partial charge in [-0.2, -0.15) is 0 Å². The molecule has 4 aromatic carbocycles. The summed E-state index contributed by atoms with van der Waals surface area (Å²) < 4.78 is 19.0. The summed E-state index contributed by atoms with van der Waals surface area (Å²) in [5.74, 6) is -0.494. The Morgan fingerprint density at radius 2 is 1.63 bits per heavy atom. The quantitative estimate of drug-likeness (QED) is 0.341. The Labute approximate surface area is 236 Å². The van der Waals surface area contributed by atoms with Crippen LogP contribution in [0.2, 0.25) is 0 Å². The van der Waals surface area contributed by atoms with Gasteiger partial charge in [-0.1, -0.05) is 42.5 Å². The molecule has 0 spiro atoms. The maximum Gasteiger partial charge on any atom is 0.259 e. The Morgan fingerprint density at radius 1 is 0.878 bits per heavy atom. The highest BCUT2D eigenvalue weighted by atomic mass is 19.1. The van der Waals surface area contributed by atoms with Crippen molar-refractivity contribution in [2.45, 2.75) is 38.0 Å². The van der Waals surface area contributed by atoms with Crippen LogP contribution >= 0.6 is 0 Å². The second-order valence-electron chi connectivity index (χ2n) is 11.0. The SMILES string of the molecule is O=C1CCC(N2C(=O)c3cccc4c(Cc5ccc(CN6CC(Oc7ccc(F)cc7)C6)cc5)ccc2c34)C(=O)N1. The minimum atomic E-state index is -0.689. The lowest BCUT2D eigenvalue weighted by Gasteiger charge is -2.39. The van der Waals surface area contributed by atoms with Gasteiger partial charge in [-0.3, -0.25) is 29.5 Å². The number of halogens is 1. The minimum absolute atomic E-state index is 0.112. The Morgan fingerprint density at radius 3 is 2.39 bits per heavy atom. The summed E-state index contributed by atoms with van der Waals surface area (Å²) in [5, 5.41) is 4.24. The van der Waals surface area contributed by atoms with Crippen molar-refractivity contribution in [3.63, 3.8) is 0 Å². The van der Waals surface area contributed by atoms with Crippen LogP contribution in [0, 0.1) is 5.82 Å². The van der Waals surface area contributed by atoms with E-state index in [1.165, 1.54) is 23.3 Å². The van der Waals surface area contributed by atoms with Gasteiger partial charge in [-0.25, -0.2) is 4.39 Å². The lowest BCUT2D eigenvalue weighted by Crippen LogP contribution is -2.53. The van der Waals surface area contributed by atoms with Crippen molar-refractivity contribution < 1.29 is 23.5 Å². The Bertz CT molecular complexity index is 1680. The maximum absolute atomic E-state index is 13.4. The number of rotatable bonds is 7. The molecule has 7 rings (SSSR count). The Kier molecular flexibility index (Phi) is 6.27. The van der Waals surface area contributed by atoms with Crippen LogP contribution in [0.15, 0.2) is 78.9 Å². The van der Waals surface area contributed by atoms with E-state index < -0.39 is 11.9 Å². The predicted molar refractivity (Wildman–Crippen MR) is 152 cm³/mol. The molecule has 8 heteroatoms. The van der Waals surface area contributed by atoms with Crippen molar-refractivity contribution in [2.75, 3.05) is 18.0 Å². The number of nitrogens with one attached hydrogen (secondary N) is 1. The fourth-order valence-electron chi connectivity index (χ4n) is 6.13. The van der Waals surface area contributed by atoms with Crippen molar-refractivity contribution in [3.8, 4) is 5.75 Å². The van der Waals surface area contributed by atoms with E-state index in [4.69, 9.17) is 4.74 Å². The van der Waals surface area contributed by atoms with Crippen LogP contribution in [0.25, 0.3) is 10.8 Å². The van der Waals surface area contributed by atoms with Crippen molar-refractivity contribution in [1.82, 2.24) is 10.2 Å². The molecule has 2 fully saturated rings. The number of carbonyl (C=O) groups is 3. The third-order valence-electron chi connectivity index (χ3n) is 8.20. The van der Waals surface area contributed by atoms with E-state index in [1.54, 1.807) is 17.0 Å². The molecule has 0 aromatic heterocycles. The fraction of sp³-hybridized carbons (Fsp3) is 0.242. The molecule has 1 unspecified atom stereocenters. The lowest BCUT2D eigenvalue weighted by molar-refractivity contribution is -0.134. The highest BCUT2D eigenvalue weighted by Gasteiger charge is 2.40. The standard InChI is InChI=1S/C33H28FN3O4/c34-23-9-11-24(12-10-23)41-25-18-36(19-25)17-21-6-4-20(5-7-21)16-22-8-13-28-31-26(22)2-1-3-27(31)33(40)37(28)29-14-15-30(38)35-32(29)39/h1-13,25,29H,14-19H2,(H,35,38,39). The highest BCUT2D eigenvalue weighted by molar-refractivity contribution is 6.27. The van der Waals surface area contributed by atoms with E-state index in [0.717, 1.165) is 41.7 Å². The van der Waals surface area contributed by atoms with E-state index in [0.29, 0.717) is 24.2 Å². The molecule has 3 heterocycles. The lowest BCUT2D eigenvalue weighted by atomic mass is 9.95. The zero-order valence-corrected chi connectivity index (χ0v) is 22.3. The number of likely N-dealkylation sites (tertiary alicyclic amines) is 1. The summed E-state index contributed by atoms with van der Waals surface area (Å²) in [6.07, 6.45) is 1.36. The third kappa shape index (κ3) is 4.74. The zero-order chi connectivity index (χ0) is 28.1. The summed E-state index contributed by atoms with van der Waals surface area (Å²) >= 11 is 0.